The summed E-state index contributed by atoms with van der Waals surface area (Å²) in [5.41, 5.74) is -4.29. The molecule has 158 valence electrons. The van der Waals surface area contributed by atoms with E-state index in [-0.39, 0.29) is 10.3 Å². The molecule has 29 heavy (non-hydrogen) atoms. The van der Waals surface area contributed by atoms with Gasteiger partial charge in [-0.25, -0.2) is 4.98 Å². The average molecular weight is 429 g/mol. The van der Waals surface area contributed by atoms with E-state index in [2.05, 4.69) is 10.1 Å². The van der Waals surface area contributed by atoms with E-state index in [0.717, 1.165) is 4.52 Å². The molecule has 0 aromatic carbocycles. The van der Waals surface area contributed by atoms with Crippen LogP contribution in [0.4, 0.5) is 35.1 Å². The standard InChI is InChI=1S/C15H11F8N5O/c1-7-3-9-25-11(14(18,19)20)10(12(29)28(9)26(7)2)8-4-24-27(5-8)6-13(16,17)15(21,22)23/h3-5H,6H2,1-2H3. The fourth-order valence-electron chi connectivity index (χ4n) is 2.69. The molecular formula is C15H11F8N5O. The molecule has 3 heterocycles. The van der Waals surface area contributed by atoms with Gasteiger partial charge in [-0.3, -0.25) is 14.2 Å². The number of hydrogen-bond acceptors (Lipinski definition) is 3. The van der Waals surface area contributed by atoms with Gasteiger partial charge in [-0.15, -0.1) is 0 Å². The molecule has 0 aliphatic heterocycles. The van der Waals surface area contributed by atoms with Crippen LogP contribution in [0, 0.1) is 6.92 Å². The maximum Gasteiger partial charge on any atom is 0.455 e. The molecule has 3 aromatic heterocycles. The molecule has 6 nitrogen and oxygen atoms in total. The van der Waals surface area contributed by atoms with Gasteiger partial charge in [-0.1, -0.05) is 0 Å². The summed E-state index contributed by atoms with van der Waals surface area (Å²) in [5, 5.41) is 3.25. The highest BCUT2D eigenvalue weighted by Gasteiger charge is 2.57. The highest BCUT2D eigenvalue weighted by molar-refractivity contribution is 5.66. The molecule has 3 aromatic rings. The second-order valence-electron chi connectivity index (χ2n) is 6.25. The fraction of sp³-hybridized carbons (Fsp3) is 0.400. The molecule has 0 unspecified atom stereocenters. The van der Waals surface area contributed by atoms with Crippen LogP contribution in [0.1, 0.15) is 11.4 Å². The van der Waals surface area contributed by atoms with E-state index in [0.29, 0.717) is 18.1 Å². The van der Waals surface area contributed by atoms with Crippen molar-refractivity contribution in [3.8, 4) is 11.1 Å². The van der Waals surface area contributed by atoms with Crippen LogP contribution < -0.4 is 5.56 Å². The number of aryl methyl sites for hydroxylation is 2. The highest BCUT2D eigenvalue weighted by atomic mass is 19.4. The van der Waals surface area contributed by atoms with Crippen LogP contribution >= 0.6 is 0 Å². The maximum atomic E-state index is 13.5. The van der Waals surface area contributed by atoms with Crippen molar-refractivity contribution < 1.29 is 35.1 Å². The van der Waals surface area contributed by atoms with Crippen molar-refractivity contribution in [1.82, 2.24) is 24.0 Å². The lowest BCUT2D eigenvalue weighted by Crippen LogP contribution is -2.40. The number of nitrogens with zero attached hydrogens (tertiary/aromatic N) is 5. The number of alkyl halides is 8. The van der Waals surface area contributed by atoms with Gasteiger partial charge in [-0.05, 0) is 6.92 Å². The van der Waals surface area contributed by atoms with Gasteiger partial charge in [-0.2, -0.15) is 44.7 Å². The molecule has 0 bridgehead atoms. The van der Waals surface area contributed by atoms with Crippen molar-refractivity contribution in [1.29, 1.82) is 0 Å². The second-order valence-corrected chi connectivity index (χ2v) is 6.25. The van der Waals surface area contributed by atoms with E-state index in [4.69, 9.17) is 0 Å². The van der Waals surface area contributed by atoms with E-state index >= 15 is 0 Å². The third-order valence-electron chi connectivity index (χ3n) is 4.20. The number of halogens is 8. The van der Waals surface area contributed by atoms with Crippen LogP contribution in [0.5, 0.6) is 0 Å². The Morgan fingerprint density at radius 1 is 1.07 bits per heavy atom. The fourth-order valence-corrected chi connectivity index (χ4v) is 2.69. The molecular weight excluding hydrogens is 418 g/mol. The zero-order chi connectivity index (χ0) is 21.9. The molecule has 0 aliphatic carbocycles. The van der Waals surface area contributed by atoms with Gasteiger partial charge in [0, 0.05) is 30.6 Å². The lowest BCUT2D eigenvalue weighted by Gasteiger charge is -2.19. The minimum atomic E-state index is -5.88. The molecule has 0 N–H and O–H groups in total. The van der Waals surface area contributed by atoms with Crippen LogP contribution in [0.3, 0.4) is 0 Å². The third-order valence-corrected chi connectivity index (χ3v) is 4.20. The van der Waals surface area contributed by atoms with Crippen molar-refractivity contribution >= 4 is 5.65 Å². The van der Waals surface area contributed by atoms with Gasteiger partial charge in [0.25, 0.3) is 5.56 Å². The molecule has 0 atom stereocenters. The molecule has 14 heteroatoms. The number of fused-ring (bicyclic) bond motifs is 1. The average Bonchev–Trinajstić information content (AvgIpc) is 3.10. The molecule has 0 amide bonds. The number of rotatable bonds is 3. The quantitative estimate of drug-likeness (QED) is 0.600. The maximum absolute atomic E-state index is 13.5. The normalized spacial score (nSPS) is 13.4. The first-order valence-electron chi connectivity index (χ1n) is 7.77. The third kappa shape index (κ3) is 3.46. The number of hydrogen-bond donors (Lipinski definition) is 0. The van der Waals surface area contributed by atoms with E-state index in [1.165, 1.54) is 24.7 Å². The van der Waals surface area contributed by atoms with Crippen molar-refractivity contribution in [2.75, 3.05) is 0 Å². The summed E-state index contributed by atoms with van der Waals surface area (Å²) >= 11 is 0. The van der Waals surface area contributed by atoms with E-state index < -0.39 is 47.2 Å². The minimum absolute atomic E-state index is 0.119. The summed E-state index contributed by atoms with van der Waals surface area (Å²) in [5.74, 6) is -5.17. The van der Waals surface area contributed by atoms with E-state index in [1.54, 1.807) is 0 Å². The van der Waals surface area contributed by atoms with Crippen LogP contribution in [-0.2, 0) is 19.8 Å². The van der Waals surface area contributed by atoms with Crippen molar-refractivity contribution in [3.63, 3.8) is 0 Å². The van der Waals surface area contributed by atoms with Crippen LogP contribution in [0.25, 0.3) is 16.8 Å². The largest absolute Gasteiger partial charge is 0.455 e. The van der Waals surface area contributed by atoms with Gasteiger partial charge in [0.05, 0.1) is 11.8 Å². The van der Waals surface area contributed by atoms with E-state index in [9.17, 15) is 39.9 Å². The van der Waals surface area contributed by atoms with Gasteiger partial charge < -0.3 is 0 Å². The molecule has 0 spiro atoms. The molecule has 0 saturated carbocycles. The van der Waals surface area contributed by atoms with Crippen LogP contribution in [-0.4, -0.2) is 36.1 Å². The van der Waals surface area contributed by atoms with E-state index in [1.807, 2.05) is 0 Å². The molecule has 0 radical (unpaired) electrons. The summed E-state index contributed by atoms with van der Waals surface area (Å²) in [7, 11) is 1.38. The summed E-state index contributed by atoms with van der Waals surface area (Å²) in [6, 6.07) is 1.23. The van der Waals surface area contributed by atoms with Crippen LogP contribution in [0.15, 0.2) is 23.3 Å². The van der Waals surface area contributed by atoms with Gasteiger partial charge in [0.15, 0.2) is 11.3 Å². The second kappa shape index (κ2) is 6.29. The zero-order valence-electron chi connectivity index (χ0n) is 14.6. The minimum Gasteiger partial charge on any atom is -0.284 e. The summed E-state index contributed by atoms with van der Waals surface area (Å²) in [6.07, 6.45) is -9.86. The highest BCUT2D eigenvalue weighted by Crippen LogP contribution is 2.37. The number of aromatic nitrogens is 5. The Labute approximate surface area is 156 Å². The lowest BCUT2D eigenvalue weighted by atomic mass is 10.1. The van der Waals surface area contributed by atoms with Gasteiger partial charge in [0.2, 0.25) is 0 Å². The molecule has 0 fully saturated rings. The summed E-state index contributed by atoms with van der Waals surface area (Å²) in [6.45, 7) is -0.448. The predicted octanol–water partition coefficient (Wildman–Crippen LogP) is 3.42. The first kappa shape index (κ1) is 20.8. The smallest absolute Gasteiger partial charge is 0.284 e. The topological polar surface area (TPSA) is 57.1 Å². The van der Waals surface area contributed by atoms with Gasteiger partial charge >= 0.3 is 18.3 Å². The first-order valence-corrected chi connectivity index (χ1v) is 7.77. The zero-order valence-corrected chi connectivity index (χ0v) is 14.6. The Bertz CT molecular complexity index is 1130. The lowest BCUT2D eigenvalue weighted by molar-refractivity contribution is -0.287. The molecule has 3 rings (SSSR count). The summed E-state index contributed by atoms with van der Waals surface area (Å²) < 4.78 is 106. The Balaban J connectivity index is 2.20. The van der Waals surface area contributed by atoms with Crippen molar-refractivity contribution in [2.24, 2.45) is 7.05 Å². The monoisotopic (exact) mass is 429 g/mol. The Morgan fingerprint density at radius 2 is 1.69 bits per heavy atom. The van der Waals surface area contributed by atoms with Gasteiger partial charge in [0.1, 0.15) is 6.54 Å². The SMILES string of the molecule is Cc1cc2nc(C(F)(F)F)c(-c3cnn(CC(F)(F)C(F)(F)F)c3)c(=O)n2n1C. The van der Waals surface area contributed by atoms with Crippen molar-refractivity contribution in [2.45, 2.75) is 31.7 Å². The van der Waals surface area contributed by atoms with Crippen molar-refractivity contribution in [3.05, 3.63) is 40.2 Å². The summed E-state index contributed by atoms with van der Waals surface area (Å²) in [4.78, 5) is 16.2. The predicted molar refractivity (Wildman–Crippen MR) is 82.4 cm³/mol. The Hall–Kier alpha value is -2.93. The molecule has 0 saturated heterocycles. The Morgan fingerprint density at radius 3 is 2.24 bits per heavy atom. The Kier molecular flexibility index (Phi) is 4.51. The first-order chi connectivity index (χ1) is 13.1. The molecule has 0 aliphatic rings. The van der Waals surface area contributed by atoms with Crippen LogP contribution in [0.2, 0.25) is 0 Å².